The van der Waals surface area contributed by atoms with Crippen LogP contribution in [0.4, 0.5) is 0 Å². The lowest BCUT2D eigenvalue weighted by Crippen LogP contribution is -2.21. The predicted octanol–water partition coefficient (Wildman–Crippen LogP) is 3.49. The van der Waals surface area contributed by atoms with E-state index < -0.39 is 5.97 Å². The molecular weight excluding hydrogens is 294 g/mol. The van der Waals surface area contributed by atoms with Gasteiger partial charge in [0.25, 0.3) is 0 Å². The smallest absolute Gasteiger partial charge is 0.331 e. The van der Waals surface area contributed by atoms with Gasteiger partial charge in [-0.2, -0.15) is 0 Å². The lowest BCUT2D eigenvalue weighted by molar-refractivity contribution is -0.140. The largest absolute Gasteiger partial charge is 0.497 e. The summed E-state index contributed by atoms with van der Waals surface area (Å²) in [7, 11) is 1.60. The molecular formula is C18H17NO4. The Balaban J connectivity index is 2.00. The quantitative estimate of drug-likeness (QED) is 0.643. The summed E-state index contributed by atoms with van der Waals surface area (Å²) in [5, 5.41) is 4.01. The van der Waals surface area contributed by atoms with Gasteiger partial charge in [-0.25, -0.2) is 4.79 Å². The number of oxime groups is 1. The Kier molecular flexibility index (Phi) is 4.28. The molecule has 2 aromatic carbocycles. The summed E-state index contributed by atoms with van der Waals surface area (Å²) in [6, 6.07) is 15.4. The summed E-state index contributed by atoms with van der Waals surface area (Å²) >= 11 is 0. The molecule has 0 bridgehead atoms. The van der Waals surface area contributed by atoms with Crippen LogP contribution in [-0.2, 0) is 9.63 Å². The third-order valence-electron chi connectivity index (χ3n) is 3.60. The van der Waals surface area contributed by atoms with Crippen molar-refractivity contribution in [2.24, 2.45) is 5.16 Å². The number of carbonyl (C=O) groups is 1. The standard InChI is InChI=1S/C18H17NO4/c1-12(20)23-19-16-11-18(13-6-4-3-5-7-13)22-17-9-8-14(21-2)10-15(16)17/h3-10,18H,11H2,1-2H3/b19-16+. The Morgan fingerprint density at radius 2 is 2.00 bits per heavy atom. The van der Waals surface area contributed by atoms with E-state index >= 15 is 0 Å². The summed E-state index contributed by atoms with van der Waals surface area (Å²) < 4.78 is 11.3. The van der Waals surface area contributed by atoms with Crippen LogP contribution < -0.4 is 9.47 Å². The number of carbonyl (C=O) groups excluding carboxylic acids is 1. The van der Waals surface area contributed by atoms with Crippen LogP contribution >= 0.6 is 0 Å². The first-order valence-corrected chi connectivity index (χ1v) is 7.32. The van der Waals surface area contributed by atoms with Crippen LogP contribution in [0.3, 0.4) is 0 Å². The number of rotatable bonds is 3. The Morgan fingerprint density at radius 1 is 1.22 bits per heavy atom. The average Bonchev–Trinajstić information content (AvgIpc) is 2.59. The minimum Gasteiger partial charge on any atom is -0.497 e. The van der Waals surface area contributed by atoms with Crippen molar-refractivity contribution < 1.29 is 19.1 Å². The minimum atomic E-state index is -0.454. The van der Waals surface area contributed by atoms with Crippen LogP contribution in [0.5, 0.6) is 11.5 Å². The van der Waals surface area contributed by atoms with Crippen molar-refractivity contribution in [1.82, 2.24) is 0 Å². The summed E-state index contributed by atoms with van der Waals surface area (Å²) in [5.41, 5.74) is 2.48. The van der Waals surface area contributed by atoms with Gasteiger partial charge in [-0.15, -0.1) is 0 Å². The fourth-order valence-corrected chi connectivity index (χ4v) is 2.50. The van der Waals surface area contributed by atoms with Gasteiger partial charge in [0.05, 0.1) is 12.8 Å². The summed E-state index contributed by atoms with van der Waals surface area (Å²) in [6.45, 7) is 1.32. The Labute approximate surface area is 134 Å². The maximum atomic E-state index is 11.1. The van der Waals surface area contributed by atoms with Gasteiger partial charge in [0.1, 0.15) is 17.6 Å². The Hall–Kier alpha value is -2.82. The number of nitrogens with zero attached hydrogens (tertiary/aromatic N) is 1. The van der Waals surface area contributed by atoms with Gasteiger partial charge in [0.2, 0.25) is 0 Å². The number of ether oxygens (including phenoxy) is 2. The second-order valence-corrected chi connectivity index (χ2v) is 5.20. The molecule has 0 aliphatic carbocycles. The number of methoxy groups -OCH3 is 1. The first-order valence-electron chi connectivity index (χ1n) is 7.32. The number of hydrogen-bond acceptors (Lipinski definition) is 5. The van der Waals surface area contributed by atoms with Gasteiger partial charge in [-0.05, 0) is 23.8 Å². The zero-order valence-electron chi connectivity index (χ0n) is 13.0. The highest BCUT2D eigenvalue weighted by Gasteiger charge is 2.27. The molecule has 23 heavy (non-hydrogen) atoms. The van der Waals surface area contributed by atoms with Gasteiger partial charge >= 0.3 is 5.97 Å². The second kappa shape index (κ2) is 6.52. The van der Waals surface area contributed by atoms with Crippen LogP contribution in [0.1, 0.15) is 30.6 Å². The fraction of sp³-hybridized carbons (Fsp3) is 0.222. The molecule has 0 amide bonds. The first kappa shape index (κ1) is 15.1. The van der Waals surface area contributed by atoms with Crippen LogP contribution in [0, 0.1) is 0 Å². The van der Waals surface area contributed by atoms with Crippen LogP contribution in [0.2, 0.25) is 0 Å². The molecule has 1 heterocycles. The number of hydrogen-bond donors (Lipinski definition) is 0. The van der Waals surface area contributed by atoms with Crippen LogP contribution in [-0.4, -0.2) is 18.8 Å². The highest BCUT2D eigenvalue weighted by Crippen LogP contribution is 2.37. The highest BCUT2D eigenvalue weighted by atomic mass is 16.7. The van der Waals surface area contributed by atoms with E-state index in [9.17, 15) is 4.79 Å². The number of benzene rings is 2. The molecule has 0 spiro atoms. The Morgan fingerprint density at radius 3 is 2.70 bits per heavy atom. The molecule has 0 fully saturated rings. The van der Waals surface area contributed by atoms with Crippen molar-refractivity contribution >= 4 is 11.7 Å². The molecule has 0 N–H and O–H groups in total. The third-order valence-corrected chi connectivity index (χ3v) is 3.60. The van der Waals surface area contributed by atoms with Crippen LogP contribution in [0.15, 0.2) is 53.7 Å². The molecule has 3 rings (SSSR count). The molecule has 0 saturated carbocycles. The monoisotopic (exact) mass is 311 g/mol. The van der Waals surface area contributed by atoms with E-state index in [1.54, 1.807) is 7.11 Å². The summed E-state index contributed by atoms with van der Waals surface area (Å²) in [6.07, 6.45) is 0.337. The molecule has 1 aliphatic rings. The maximum absolute atomic E-state index is 11.1. The van der Waals surface area contributed by atoms with E-state index in [4.69, 9.17) is 14.3 Å². The second-order valence-electron chi connectivity index (χ2n) is 5.20. The van der Waals surface area contributed by atoms with E-state index in [0.717, 1.165) is 11.1 Å². The van der Waals surface area contributed by atoms with Crippen molar-refractivity contribution in [2.45, 2.75) is 19.4 Å². The van der Waals surface area contributed by atoms with Gasteiger partial charge in [-0.3, -0.25) is 0 Å². The fourth-order valence-electron chi connectivity index (χ4n) is 2.50. The molecule has 1 unspecified atom stereocenters. The minimum absolute atomic E-state index is 0.175. The van der Waals surface area contributed by atoms with E-state index in [0.29, 0.717) is 23.6 Å². The lowest BCUT2D eigenvalue weighted by atomic mass is 9.95. The van der Waals surface area contributed by atoms with Crippen molar-refractivity contribution in [2.75, 3.05) is 7.11 Å². The third kappa shape index (κ3) is 3.34. The summed E-state index contributed by atoms with van der Waals surface area (Å²) in [5.74, 6) is 0.933. The molecule has 5 nitrogen and oxygen atoms in total. The van der Waals surface area contributed by atoms with Crippen LogP contribution in [0.25, 0.3) is 0 Å². The van der Waals surface area contributed by atoms with Crippen molar-refractivity contribution in [3.05, 3.63) is 59.7 Å². The topological polar surface area (TPSA) is 57.1 Å². The Bertz CT molecular complexity index is 740. The lowest BCUT2D eigenvalue weighted by Gasteiger charge is -2.27. The molecule has 0 saturated heterocycles. The predicted molar refractivity (Wildman–Crippen MR) is 85.7 cm³/mol. The zero-order chi connectivity index (χ0) is 16.2. The molecule has 1 aliphatic heterocycles. The molecule has 5 heteroatoms. The van der Waals surface area contributed by atoms with Gasteiger partial charge in [-0.1, -0.05) is 35.5 Å². The SMILES string of the molecule is COc1ccc2c(c1)/C(=N/OC(C)=O)CC(c1ccccc1)O2. The molecule has 1 atom stereocenters. The average molecular weight is 311 g/mol. The van der Waals surface area contributed by atoms with E-state index in [1.807, 2.05) is 48.5 Å². The molecule has 0 radical (unpaired) electrons. The zero-order valence-corrected chi connectivity index (χ0v) is 13.0. The van der Waals surface area contributed by atoms with E-state index in [1.165, 1.54) is 6.92 Å². The van der Waals surface area contributed by atoms with Crippen molar-refractivity contribution in [3.8, 4) is 11.5 Å². The highest BCUT2D eigenvalue weighted by molar-refractivity contribution is 6.04. The number of fused-ring (bicyclic) bond motifs is 1. The van der Waals surface area contributed by atoms with Gasteiger partial charge in [0, 0.05) is 18.9 Å². The first-order chi connectivity index (χ1) is 11.2. The van der Waals surface area contributed by atoms with E-state index in [2.05, 4.69) is 5.16 Å². The van der Waals surface area contributed by atoms with E-state index in [-0.39, 0.29) is 6.10 Å². The molecule has 118 valence electrons. The van der Waals surface area contributed by atoms with Gasteiger partial charge < -0.3 is 14.3 Å². The summed E-state index contributed by atoms with van der Waals surface area (Å²) in [4.78, 5) is 15.9. The van der Waals surface area contributed by atoms with Gasteiger partial charge in [0.15, 0.2) is 0 Å². The molecule has 0 aromatic heterocycles. The van der Waals surface area contributed by atoms with Crippen molar-refractivity contribution in [3.63, 3.8) is 0 Å². The maximum Gasteiger partial charge on any atom is 0.331 e. The normalized spacial score (nSPS) is 18.0. The molecule has 2 aromatic rings. The van der Waals surface area contributed by atoms with Crippen molar-refractivity contribution in [1.29, 1.82) is 0 Å².